The molecule has 0 unspecified atom stereocenters. The van der Waals surface area contributed by atoms with E-state index in [1.165, 1.54) is 13.3 Å². The van der Waals surface area contributed by atoms with Crippen LogP contribution in [0.5, 0.6) is 11.5 Å². The van der Waals surface area contributed by atoms with Gasteiger partial charge in [-0.2, -0.15) is 0 Å². The molecule has 3 aromatic heterocycles. The number of nitrogens with zero attached hydrogens (tertiary/aromatic N) is 3. The number of imidazole rings is 1. The van der Waals surface area contributed by atoms with Crippen LogP contribution in [0.3, 0.4) is 0 Å². The van der Waals surface area contributed by atoms with Crippen LogP contribution < -0.4 is 14.8 Å². The zero-order valence-corrected chi connectivity index (χ0v) is 20.1. The van der Waals surface area contributed by atoms with E-state index in [-0.39, 0.29) is 17.3 Å². The molecule has 0 amide bonds. The van der Waals surface area contributed by atoms with Gasteiger partial charge in [-0.05, 0) is 45.7 Å². The van der Waals surface area contributed by atoms with Crippen molar-refractivity contribution in [1.82, 2.24) is 14.4 Å². The highest BCUT2D eigenvalue weighted by Crippen LogP contribution is 2.35. The lowest BCUT2D eigenvalue weighted by molar-refractivity contribution is 0.292. The highest BCUT2D eigenvalue weighted by Gasteiger charge is 2.34. The van der Waals surface area contributed by atoms with Gasteiger partial charge in [0.15, 0.2) is 21.4 Å². The van der Waals surface area contributed by atoms with Gasteiger partial charge in [-0.25, -0.2) is 18.4 Å². The van der Waals surface area contributed by atoms with Gasteiger partial charge < -0.3 is 19.9 Å². The van der Waals surface area contributed by atoms with E-state index in [9.17, 15) is 8.42 Å². The molecule has 32 heavy (non-hydrogen) atoms. The minimum absolute atomic E-state index is 0.0636. The minimum Gasteiger partial charge on any atom is -0.495 e. The second-order valence-electron chi connectivity index (χ2n) is 8.40. The van der Waals surface area contributed by atoms with Crippen LogP contribution in [0.2, 0.25) is 0 Å². The molecule has 3 rings (SSSR count). The van der Waals surface area contributed by atoms with Gasteiger partial charge in [-0.1, -0.05) is 0 Å². The lowest BCUT2D eigenvalue weighted by Crippen LogP contribution is -2.28. The summed E-state index contributed by atoms with van der Waals surface area (Å²) in [5.74, 6) is 1.40. The normalized spacial score (nSPS) is 12.2. The molecule has 0 aliphatic rings. The Morgan fingerprint density at radius 3 is 2.50 bits per heavy atom. The number of fused-ring (bicyclic) bond motifs is 1. The maximum Gasteiger partial charge on any atom is 0.188 e. The van der Waals surface area contributed by atoms with E-state index in [2.05, 4.69) is 10.3 Å². The lowest BCUT2D eigenvalue weighted by atomic mass is 10.2. The van der Waals surface area contributed by atoms with E-state index in [0.29, 0.717) is 41.6 Å². The highest BCUT2D eigenvalue weighted by molar-refractivity contribution is 7.92. The lowest BCUT2D eigenvalue weighted by Gasteiger charge is -2.21. The molecule has 10 heteroatoms. The van der Waals surface area contributed by atoms with E-state index < -0.39 is 14.6 Å². The van der Waals surface area contributed by atoms with Crippen molar-refractivity contribution in [2.45, 2.75) is 43.8 Å². The van der Waals surface area contributed by atoms with E-state index in [4.69, 9.17) is 19.6 Å². The quantitative estimate of drug-likeness (QED) is 0.491. The van der Waals surface area contributed by atoms with E-state index in [0.717, 1.165) is 5.56 Å². The highest BCUT2D eigenvalue weighted by atomic mass is 32.2. The Labute approximate surface area is 188 Å². The molecule has 174 valence electrons. The predicted octanol–water partition coefficient (Wildman–Crippen LogP) is 3.09. The summed E-state index contributed by atoms with van der Waals surface area (Å²) >= 11 is 0. The summed E-state index contributed by atoms with van der Waals surface area (Å²) in [5.41, 5.74) is 2.63. The van der Waals surface area contributed by atoms with Crippen LogP contribution in [0.4, 0.5) is 5.82 Å². The Kier molecular flexibility index (Phi) is 6.66. The molecular weight excluding hydrogens is 432 g/mol. The SMILES string of the molecule is COc1cc2ncc(-c3cc(C)c(OC)c(NCCCO)n3)n2cc1S(=O)(=O)C(C)(C)C. The Morgan fingerprint density at radius 1 is 1.19 bits per heavy atom. The summed E-state index contributed by atoms with van der Waals surface area (Å²) in [6.45, 7) is 7.46. The van der Waals surface area contributed by atoms with Crippen LogP contribution in [0, 0.1) is 6.92 Å². The zero-order chi connectivity index (χ0) is 23.7. The number of ether oxygens (including phenoxy) is 2. The Morgan fingerprint density at radius 2 is 1.91 bits per heavy atom. The summed E-state index contributed by atoms with van der Waals surface area (Å²) in [4.78, 5) is 9.21. The van der Waals surface area contributed by atoms with Crippen molar-refractivity contribution in [3.05, 3.63) is 30.1 Å². The first kappa shape index (κ1) is 23.8. The molecule has 0 aliphatic carbocycles. The molecule has 0 spiro atoms. The first-order valence-corrected chi connectivity index (χ1v) is 11.7. The molecule has 3 aromatic rings. The fourth-order valence-electron chi connectivity index (χ4n) is 3.32. The number of rotatable bonds is 8. The molecule has 0 radical (unpaired) electrons. The van der Waals surface area contributed by atoms with Crippen molar-refractivity contribution in [3.63, 3.8) is 0 Å². The number of pyridine rings is 2. The molecule has 3 heterocycles. The first-order valence-electron chi connectivity index (χ1n) is 10.3. The third-order valence-corrected chi connectivity index (χ3v) is 7.64. The Bertz CT molecular complexity index is 1230. The van der Waals surface area contributed by atoms with Gasteiger partial charge in [-0.3, -0.25) is 4.40 Å². The zero-order valence-electron chi connectivity index (χ0n) is 19.3. The van der Waals surface area contributed by atoms with Crippen molar-refractivity contribution >= 4 is 21.3 Å². The number of aliphatic hydroxyl groups is 1. The summed E-state index contributed by atoms with van der Waals surface area (Å²) in [5, 5.41) is 12.3. The number of aromatic nitrogens is 3. The third kappa shape index (κ3) is 4.24. The van der Waals surface area contributed by atoms with Gasteiger partial charge in [0, 0.05) is 25.4 Å². The number of aryl methyl sites for hydroxylation is 1. The number of aliphatic hydroxyl groups excluding tert-OH is 1. The average Bonchev–Trinajstić information content (AvgIpc) is 3.14. The number of hydrogen-bond acceptors (Lipinski definition) is 8. The number of sulfone groups is 1. The van der Waals surface area contributed by atoms with Crippen LogP contribution in [-0.4, -0.2) is 60.0 Å². The smallest absolute Gasteiger partial charge is 0.188 e. The molecule has 0 saturated carbocycles. The Hall–Kier alpha value is -2.85. The van der Waals surface area contributed by atoms with Crippen LogP contribution >= 0.6 is 0 Å². The van der Waals surface area contributed by atoms with Crippen molar-refractivity contribution in [2.24, 2.45) is 0 Å². The van der Waals surface area contributed by atoms with Crippen LogP contribution in [-0.2, 0) is 9.84 Å². The Balaban J connectivity index is 2.21. The van der Waals surface area contributed by atoms with E-state index in [1.807, 2.05) is 13.0 Å². The number of hydrogen-bond donors (Lipinski definition) is 2. The van der Waals surface area contributed by atoms with Gasteiger partial charge >= 0.3 is 0 Å². The molecule has 0 atom stereocenters. The molecule has 9 nitrogen and oxygen atoms in total. The second-order valence-corrected chi connectivity index (χ2v) is 11.1. The monoisotopic (exact) mass is 462 g/mol. The summed E-state index contributed by atoms with van der Waals surface area (Å²) < 4.78 is 38.0. The minimum atomic E-state index is -3.68. The summed E-state index contributed by atoms with van der Waals surface area (Å²) in [7, 11) is -0.664. The van der Waals surface area contributed by atoms with Gasteiger partial charge in [0.25, 0.3) is 0 Å². The molecular formula is C22H30N4O5S. The molecule has 2 N–H and O–H groups in total. The molecule has 0 fully saturated rings. The molecule has 0 bridgehead atoms. The van der Waals surface area contributed by atoms with Crippen LogP contribution in [0.1, 0.15) is 32.8 Å². The van der Waals surface area contributed by atoms with E-state index in [1.54, 1.807) is 44.5 Å². The predicted molar refractivity (Wildman–Crippen MR) is 123 cm³/mol. The first-order chi connectivity index (χ1) is 15.0. The topological polar surface area (TPSA) is 115 Å². The third-order valence-electron chi connectivity index (χ3n) is 5.14. The summed E-state index contributed by atoms with van der Waals surface area (Å²) in [6.07, 6.45) is 3.75. The average molecular weight is 463 g/mol. The van der Waals surface area contributed by atoms with Gasteiger partial charge in [0.05, 0.1) is 36.6 Å². The van der Waals surface area contributed by atoms with Crippen molar-refractivity contribution in [3.8, 4) is 22.9 Å². The molecule has 0 saturated heterocycles. The van der Waals surface area contributed by atoms with Crippen molar-refractivity contribution in [2.75, 3.05) is 32.7 Å². The van der Waals surface area contributed by atoms with Crippen LogP contribution in [0.25, 0.3) is 17.0 Å². The van der Waals surface area contributed by atoms with Gasteiger partial charge in [0.1, 0.15) is 16.3 Å². The van der Waals surface area contributed by atoms with Crippen molar-refractivity contribution in [1.29, 1.82) is 0 Å². The van der Waals surface area contributed by atoms with E-state index >= 15 is 0 Å². The maximum atomic E-state index is 13.2. The molecule has 0 aromatic carbocycles. The van der Waals surface area contributed by atoms with Crippen LogP contribution in [0.15, 0.2) is 29.4 Å². The van der Waals surface area contributed by atoms with Gasteiger partial charge in [-0.15, -0.1) is 0 Å². The number of methoxy groups -OCH3 is 2. The van der Waals surface area contributed by atoms with Crippen molar-refractivity contribution < 1.29 is 23.0 Å². The standard InChI is InChI=1S/C22H30N4O5S/c1-14-10-15(25-21(20(14)31-6)23-8-7-9-27)16-12-24-19-11-17(30-5)18(13-26(16)19)32(28,29)22(2,3)4/h10-13,27H,7-9H2,1-6H3,(H,23,25). The molecule has 0 aliphatic heterocycles. The fourth-order valence-corrected chi connectivity index (χ4v) is 4.63. The largest absolute Gasteiger partial charge is 0.495 e. The fraction of sp³-hybridized carbons (Fsp3) is 0.455. The van der Waals surface area contributed by atoms with Gasteiger partial charge in [0.2, 0.25) is 0 Å². The number of nitrogens with one attached hydrogen (secondary N) is 1. The maximum absolute atomic E-state index is 13.2. The summed E-state index contributed by atoms with van der Waals surface area (Å²) in [6, 6.07) is 3.47. The second kappa shape index (κ2) is 8.95. The number of anilines is 1.